The van der Waals surface area contributed by atoms with Gasteiger partial charge in [-0.25, -0.2) is 0 Å². The average molecular weight is 440 g/mol. The van der Waals surface area contributed by atoms with Gasteiger partial charge in [0.05, 0.1) is 21.1 Å². The first-order valence-corrected chi connectivity index (χ1v) is 7.76. The van der Waals surface area contributed by atoms with E-state index in [1.165, 1.54) is 10.6 Å². The van der Waals surface area contributed by atoms with E-state index in [9.17, 15) is 9.59 Å². The second-order valence-electron chi connectivity index (χ2n) is 3.99. The van der Waals surface area contributed by atoms with E-state index in [1.54, 1.807) is 24.4 Å². The standard InChI is InChI=1S/C13H7Br2Cl2NO2/c14-8-4-9(15)13(20)18(5-8)6-12(19)7-1-2-10(16)11(17)3-7/h1-5H,6H2. The largest absolute Gasteiger partial charge is 0.306 e. The van der Waals surface area contributed by atoms with E-state index >= 15 is 0 Å². The first-order valence-electron chi connectivity index (χ1n) is 5.42. The lowest BCUT2D eigenvalue weighted by Gasteiger charge is -2.07. The molecule has 1 aromatic heterocycles. The molecule has 0 aliphatic rings. The molecule has 1 aromatic carbocycles. The molecule has 0 aliphatic carbocycles. The van der Waals surface area contributed by atoms with Crippen molar-refractivity contribution in [3.63, 3.8) is 0 Å². The van der Waals surface area contributed by atoms with Gasteiger partial charge >= 0.3 is 0 Å². The van der Waals surface area contributed by atoms with Crippen LogP contribution in [0, 0.1) is 0 Å². The van der Waals surface area contributed by atoms with Crippen molar-refractivity contribution < 1.29 is 4.79 Å². The third-order valence-corrected chi connectivity index (χ3v) is 4.31. The second-order valence-corrected chi connectivity index (χ2v) is 6.58. The minimum Gasteiger partial charge on any atom is -0.306 e. The fraction of sp³-hybridized carbons (Fsp3) is 0.0769. The lowest BCUT2D eigenvalue weighted by Crippen LogP contribution is -2.24. The van der Waals surface area contributed by atoms with E-state index < -0.39 is 0 Å². The highest BCUT2D eigenvalue weighted by Gasteiger charge is 2.11. The van der Waals surface area contributed by atoms with Gasteiger partial charge < -0.3 is 4.57 Å². The Morgan fingerprint density at radius 3 is 2.50 bits per heavy atom. The summed E-state index contributed by atoms with van der Waals surface area (Å²) in [5, 5.41) is 0.686. The SMILES string of the molecule is O=C(Cn1cc(Br)cc(Br)c1=O)c1ccc(Cl)c(Cl)c1. The quantitative estimate of drug-likeness (QED) is 0.657. The van der Waals surface area contributed by atoms with Crippen LogP contribution in [0.2, 0.25) is 10.0 Å². The molecule has 0 radical (unpaired) electrons. The molecule has 0 saturated heterocycles. The van der Waals surface area contributed by atoms with Crippen molar-refractivity contribution in [3.8, 4) is 0 Å². The Morgan fingerprint density at radius 2 is 1.85 bits per heavy atom. The van der Waals surface area contributed by atoms with Crippen molar-refractivity contribution in [2.75, 3.05) is 0 Å². The van der Waals surface area contributed by atoms with E-state index in [1.807, 2.05) is 0 Å². The van der Waals surface area contributed by atoms with Crippen LogP contribution in [0.25, 0.3) is 0 Å². The lowest BCUT2D eigenvalue weighted by atomic mass is 10.1. The summed E-state index contributed by atoms with van der Waals surface area (Å²) in [5.41, 5.74) is 0.129. The zero-order valence-electron chi connectivity index (χ0n) is 9.87. The van der Waals surface area contributed by atoms with Gasteiger partial charge in [-0.2, -0.15) is 0 Å². The van der Waals surface area contributed by atoms with Gasteiger partial charge in [0.15, 0.2) is 5.78 Å². The molecular formula is C13H7Br2Cl2NO2. The van der Waals surface area contributed by atoms with Crippen LogP contribution < -0.4 is 5.56 Å². The number of carbonyl (C=O) groups is 1. The van der Waals surface area contributed by atoms with Gasteiger partial charge in [-0.3, -0.25) is 9.59 Å². The summed E-state index contributed by atoms with van der Waals surface area (Å²) >= 11 is 18.1. The van der Waals surface area contributed by atoms with E-state index in [4.69, 9.17) is 23.2 Å². The summed E-state index contributed by atoms with van der Waals surface area (Å²) in [4.78, 5) is 24.1. The number of rotatable bonds is 3. The fourth-order valence-corrected chi connectivity index (χ4v) is 3.15. The average Bonchev–Trinajstić information content (AvgIpc) is 2.38. The molecule has 2 rings (SSSR count). The predicted molar refractivity (Wildman–Crippen MR) is 86.9 cm³/mol. The molecule has 104 valence electrons. The molecule has 2 aromatic rings. The van der Waals surface area contributed by atoms with Gasteiger partial charge in [-0.05, 0) is 56.1 Å². The number of aromatic nitrogens is 1. The summed E-state index contributed by atoms with van der Waals surface area (Å²) in [6, 6.07) is 6.25. The highest BCUT2D eigenvalue weighted by atomic mass is 79.9. The summed E-state index contributed by atoms with van der Waals surface area (Å²) < 4.78 is 2.40. The molecule has 1 heterocycles. The lowest BCUT2D eigenvalue weighted by molar-refractivity contribution is 0.0970. The van der Waals surface area contributed by atoms with Gasteiger partial charge in [0.25, 0.3) is 5.56 Å². The van der Waals surface area contributed by atoms with Crippen molar-refractivity contribution in [2.24, 2.45) is 0 Å². The molecule has 0 aliphatic heterocycles. The highest BCUT2D eigenvalue weighted by Crippen LogP contribution is 2.23. The summed E-state index contributed by atoms with van der Waals surface area (Å²) in [6.07, 6.45) is 1.56. The Balaban J connectivity index is 2.32. The molecule has 3 nitrogen and oxygen atoms in total. The van der Waals surface area contributed by atoms with Gasteiger partial charge in [0, 0.05) is 16.2 Å². The van der Waals surface area contributed by atoms with Crippen molar-refractivity contribution in [1.29, 1.82) is 0 Å². The number of hydrogen-bond donors (Lipinski definition) is 0. The molecule has 0 amide bonds. The third-order valence-electron chi connectivity index (χ3n) is 2.56. The normalized spacial score (nSPS) is 10.6. The van der Waals surface area contributed by atoms with Crippen LogP contribution >= 0.6 is 55.1 Å². The fourth-order valence-electron chi connectivity index (χ4n) is 1.60. The van der Waals surface area contributed by atoms with E-state index in [-0.39, 0.29) is 17.9 Å². The molecule has 0 N–H and O–H groups in total. The molecule has 0 spiro atoms. The number of benzene rings is 1. The second kappa shape index (κ2) is 6.43. The Bertz CT molecular complexity index is 744. The zero-order chi connectivity index (χ0) is 14.9. The maximum Gasteiger partial charge on any atom is 0.265 e. The summed E-state index contributed by atoms with van der Waals surface area (Å²) in [6.45, 7) is -0.0746. The highest BCUT2D eigenvalue weighted by molar-refractivity contribution is 9.11. The Labute approximate surface area is 141 Å². The first kappa shape index (κ1) is 15.8. The molecule has 0 atom stereocenters. The van der Waals surface area contributed by atoms with Crippen LogP contribution in [0.3, 0.4) is 0 Å². The van der Waals surface area contributed by atoms with Crippen molar-refractivity contribution in [1.82, 2.24) is 4.57 Å². The number of nitrogens with zero attached hydrogens (tertiary/aromatic N) is 1. The topological polar surface area (TPSA) is 39.1 Å². The number of Topliss-reactive ketones (excluding diaryl/α,β-unsaturated/α-hetero) is 1. The van der Waals surface area contributed by atoms with Crippen molar-refractivity contribution in [2.45, 2.75) is 6.54 Å². The maximum atomic E-state index is 12.2. The summed E-state index contributed by atoms with van der Waals surface area (Å²) in [5.74, 6) is -0.226. The molecule has 0 bridgehead atoms. The monoisotopic (exact) mass is 437 g/mol. The van der Waals surface area contributed by atoms with Gasteiger partial charge in [0.1, 0.15) is 0 Å². The first-order chi connectivity index (χ1) is 9.38. The summed E-state index contributed by atoms with van der Waals surface area (Å²) in [7, 11) is 0. The molecular weight excluding hydrogens is 433 g/mol. The molecule has 0 fully saturated rings. The van der Waals surface area contributed by atoms with Crippen LogP contribution in [0.5, 0.6) is 0 Å². The molecule has 0 unspecified atom stereocenters. The Hall–Kier alpha value is -0.620. The van der Waals surface area contributed by atoms with Crippen LogP contribution in [-0.2, 0) is 6.54 Å². The van der Waals surface area contributed by atoms with Gasteiger partial charge in [-0.15, -0.1) is 0 Å². The number of halogens is 4. The molecule has 7 heteroatoms. The van der Waals surface area contributed by atoms with Crippen LogP contribution in [0.15, 0.2) is 44.2 Å². The number of carbonyl (C=O) groups excluding carboxylic acids is 1. The minimum atomic E-state index is -0.276. The smallest absolute Gasteiger partial charge is 0.265 e. The predicted octanol–water partition coefficient (Wildman–Crippen LogP) is 4.56. The van der Waals surface area contributed by atoms with Crippen molar-refractivity contribution >= 4 is 60.8 Å². The molecule has 20 heavy (non-hydrogen) atoms. The third kappa shape index (κ3) is 3.52. The maximum absolute atomic E-state index is 12.2. The van der Waals surface area contributed by atoms with Crippen LogP contribution in [-0.4, -0.2) is 10.4 Å². The van der Waals surface area contributed by atoms with Crippen LogP contribution in [0.4, 0.5) is 0 Å². The van der Waals surface area contributed by atoms with E-state index in [2.05, 4.69) is 31.9 Å². The number of ketones is 1. The van der Waals surface area contributed by atoms with Crippen molar-refractivity contribution in [3.05, 3.63) is 65.4 Å². The van der Waals surface area contributed by atoms with E-state index in [0.29, 0.717) is 24.6 Å². The number of pyridine rings is 1. The zero-order valence-corrected chi connectivity index (χ0v) is 14.6. The van der Waals surface area contributed by atoms with E-state index in [0.717, 1.165) is 0 Å². The minimum absolute atomic E-state index is 0.0746. The number of hydrogen-bond acceptors (Lipinski definition) is 2. The van der Waals surface area contributed by atoms with Gasteiger partial charge in [0.2, 0.25) is 0 Å². The Morgan fingerprint density at radius 1 is 1.15 bits per heavy atom. The molecule has 0 saturated carbocycles. The Kier molecular flexibility index (Phi) is 5.07. The van der Waals surface area contributed by atoms with Gasteiger partial charge in [-0.1, -0.05) is 23.2 Å². The van der Waals surface area contributed by atoms with Crippen LogP contribution in [0.1, 0.15) is 10.4 Å².